The Kier molecular flexibility index (Phi) is 5.92. The van der Waals surface area contributed by atoms with Crippen molar-refractivity contribution in [3.05, 3.63) is 35.6 Å². The van der Waals surface area contributed by atoms with Crippen LogP contribution in [0.25, 0.3) is 0 Å². The van der Waals surface area contributed by atoms with Gasteiger partial charge in [-0.1, -0.05) is 0 Å². The normalized spacial score (nSPS) is 20.9. The van der Waals surface area contributed by atoms with Gasteiger partial charge < -0.3 is 20.3 Å². The Bertz CT molecular complexity index is 540. The molecule has 6 nitrogen and oxygen atoms in total. The van der Waals surface area contributed by atoms with E-state index < -0.39 is 0 Å². The molecule has 2 rings (SSSR count). The van der Waals surface area contributed by atoms with Crippen LogP contribution in [0.2, 0.25) is 0 Å². The van der Waals surface area contributed by atoms with Gasteiger partial charge in [-0.25, -0.2) is 9.18 Å². The van der Waals surface area contributed by atoms with Crippen LogP contribution in [0.4, 0.5) is 9.18 Å². The summed E-state index contributed by atoms with van der Waals surface area (Å²) in [7, 11) is 0. The Labute approximate surface area is 135 Å². The van der Waals surface area contributed by atoms with Crippen molar-refractivity contribution in [2.24, 2.45) is 0 Å². The third-order valence-electron chi connectivity index (χ3n) is 3.50. The summed E-state index contributed by atoms with van der Waals surface area (Å²) >= 11 is 0. The van der Waals surface area contributed by atoms with Crippen molar-refractivity contribution in [2.45, 2.75) is 26.1 Å². The molecule has 0 aliphatic carbocycles. The first kappa shape index (κ1) is 17.2. The highest BCUT2D eigenvalue weighted by Gasteiger charge is 2.25. The first-order valence-electron chi connectivity index (χ1n) is 7.67. The van der Waals surface area contributed by atoms with E-state index in [1.54, 1.807) is 4.90 Å². The van der Waals surface area contributed by atoms with Crippen molar-refractivity contribution in [1.82, 2.24) is 15.5 Å². The van der Waals surface area contributed by atoms with Crippen LogP contribution >= 0.6 is 0 Å². The summed E-state index contributed by atoms with van der Waals surface area (Å²) in [5.41, 5.74) is 0.383. The van der Waals surface area contributed by atoms with Crippen LogP contribution < -0.4 is 10.6 Å². The largest absolute Gasteiger partial charge is 0.372 e. The van der Waals surface area contributed by atoms with Crippen molar-refractivity contribution in [3.63, 3.8) is 0 Å². The molecule has 2 atom stereocenters. The average Bonchev–Trinajstić information content (AvgIpc) is 2.50. The van der Waals surface area contributed by atoms with E-state index in [1.807, 2.05) is 13.8 Å². The van der Waals surface area contributed by atoms with Crippen molar-refractivity contribution < 1.29 is 18.7 Å². The molecule has 0 bridgehead atoms. The number of rotatable bonds is 4. The Hall–Kier alpha value is -2.15. The lowest BCUT2D eigenvalue weighted by Crippen LogP contribution is -2.52. The number of amides is 3. The molecule has 1 fully saturated rings. The number of morpholine rings is 1. The fraction of sp³-hybridized carbons (Fsp3) is 0.500. The van der Waals surface area contributed by atoms with E-state index in [1.165, 1.54) is 24.3 Å². The van der Waals surface area contributed by atoms with Crippen LogP contribution in [0.5, 0.6) is 0 Å². The predicted molar refractivity (Wildman–Crippen MR) is 83.7 cm³/mol. The van der Waals surface area contributed by atoms with Gasteiger partial charge in [0, 0.05) is 31.7 Å². The van der Waals surface area contributed by atoms with Gasteiger partial charge in [-0.3, -0.25) is 4.79 Å². The summed E-state index contributed by atoms with van der Waals surface area (Å²) < 4.78 is 18.4. The summed E-state index contributed by atoms with van der Waals surface area (Å²) in [6.45, 7) is 5.59. The standard InChI is InChI=1S/C16H22FN3O3/c1-11-9-20(10-12(2)23-11)16(22)19-8-7-18-15(21)13-3-5-14(17)6-4-13/h3-6,11-12H,7-10H2,1-2H3,(H,18,21)(H,19,22). The predicted octanol–water partition coefficient (Wildman–Crippen LogP) is 1.37. The molecule has 1 aromatic rings. The molecule has 126 valence electrons. The molecule has 3 amide bonds. The maximum atomic E-state index is 12.8. The summed E-state index contributed by atoms with van der Waals surface area (Å²) in [5, 5.41) is 5.44. The van der Waals surface area contributed by atoms with Crippen molar-refractivity contribution in [1.29, 1.82) is 0 Å². The lowest BCUT2D eigenvalue weighted by atomic mass is 10.2. The van der Waals surface area contributed by atoms with E-state index >= 15 is 0 Å². The van der Waals surface area contributed by atoms with E-state index in [4.69, 9.17) is 4.74 Å². The Morgan fingerprint density at radius 2 is 1.70 bits per heavy atom. The molecule has 0 aromatic heterocycles. The van der Waals surface area contributed by atoms with Gasteiger partial charge in [0.15, 0.2) is 0 Å². The van der Waals surface area contributed by atoms with Crippen LogP contribution in [-0.2, 0) is 4.74 Å². The molecule has 1 aliphatic heterocycles. The molecule has 1 heterocycles. The molecule has 23 heavy (non-hydrogen) atoms. The fourth-order valence-electron chi connectivity index (χ4n) is 2.50. The Balaban J connectivity index is 1.69. The number of halogens is 1. The maximum Gasteiger partial charge on any atom is 0.317 e. The lowest BCUT2D eigenvalue weighted by molar-refractivity contribution is -0.0544. The summed E-state index contributed by atoms with van der Waals surface area (Å²) in [5.74, 6) is -0.685. The van der Waals surface area contributed by atoms with Crippen LogP contribution in [-0.4, -0.2) is 55.2 Å². The number of carbonyl (C=O) groups excluding carboxylic acids is 2. The molecule has 0 radical (unpaired) electrons. The number of hydrogen-bond donors (Lipinski definition) is 2. The number of nitrogens with zero attached hydrogens (tertiary/aromatic N) is 1. The van der Waals surface area contributed by atoms with Gasteiger partial charge in [0.25, 0.3) is 5.91 Å². The molecule has 0 saturated carbocycles. The van der Waals surface area contributed by atoms with Crippen LogP contribution in [0.3, 0.4) is 0 Å². The quantitative estimate of drug-likeness (QED) is 0.822. The zero-order valence-corrected chi connectivity index (χ0v) is 13.3. The lowest BCUT2D eigenvalue weighted by Gasteiger charge is -2.35. The van der Waals surface area contributed by atoms with Crippen molar-refractivity contribution in [3.8, 4) is 0 Å². The topological polar surface area (TPSA) is 70.7 Å². The third-order valence-corrected chi connectivity index (χ3v) is 3.50. The van der Waals surface area contributed by atoms with Crippen LogP contribution in [0.15, 0.2) is 24.3 Å². The van der Waals surface area contributed by atoms with E-state index in [2.05, 4.69) is 10.6 Å². The fourth-order valence-corrected chi connectivity index (χ4v) is 2.50. The number of hydrogen-bond acceptors (Lipinski definition) is 3. The minimum Gasteiger partial charge on any atom is -0.372 e. The molecule has 2 unspecified atom stereocenters. The van der Waals surface area contributed by atoms with E-state index in [9.17, 15) is 14.0 Å². The third kappa shape index (κ3) is 5.21. The molecule has 1 aromatic carbocycles. The smallest absolute Gasteiger partial charge is 0.317 e. The average molecular weight is 323 g/mol. The molecular formula is C16H22FN3O3. The number of urea groups is 1. The summed E-state index contributed by atoms with van der Waals surface area (Å²) in [4.78, 5) is 25.6. The van der Waals surface area contributed by atoms with Gasteiger partial charge in [0.2, 0.25) is 0 Å². The number of carbonyl (C=O) groups is 2. The van der Waals surface area contributed by atoms with E-state index in [-0.39, 0.29) is 30.0 Å². The van der Waals surface area contributed by atoms with Gasteiger partial charge in [-0.15, -0.1) is 0 Å². The van der Waals surface area contributed by atoms with E-state index in [0.717, 1.165) is 0 Å². The molecular weight excluding hydrogens is 301 g/mol. The highest BCUT2D eigenvalue weighted by Crippen LogP contribution is 2.10. The highest BCUT2D eigenvalue weighted by molar-refractivity contribution is 5.94. The van der Waals surface area contributed by atoms with Gasteiger partial charge in [0.05, 0.1) is 12.2 Å². The van der Waals surface area contributed by atoms with E-state index in [0.29, 0.717) is 31.7 Å². The van der Waals surface area contributed by atoms with Gasteiger partial charge in [-0.2, -0.15) is 0 Å². The zero-order chi connectivity index (χ0) is 16.8. The zero-order valence-electron chi connectivity index (χ0n) is 13.3. The molecule has 0 spiro atoms. The second kappa shape index (κ2) is 7.92. The molecule has 2 N–H and O–H groups in total. The molecule has 7 heteroatoms. The highest BCUT2D eigenvalue weighted by atomic mass is 19.1. The van der Waals surface area contributed by atoms with Gasteiger partial charge in [-0.05, 0) is 38.1 Å². The second-order valence-electron chi connectivity index (χ2n) is 5.66. The minimum absolute atomic E-state index is 0.0164. The SMILES string of the molecule is CC1CN(C(=O)NCCNC(=O)c2ccc(F)cc2)CC(C)O1. The first-order chi connectivity index (χ1) is 11.0. The summed E-state index contributed by atoms with van der Waals surface area (Å²) in [6.07, 6.45) is 0.0327. The minimum atomic E-state index is -0.386. The van der Waals surface area contributed by atoms with Crippen LogP contribution in [0, 0.1) is 5.82 Å². The van der Waals surface area contributed by atoms with Gasteiger partial charge >= 0.3 is 6.03 Å². The maximum absolute atomic E-state index is 12.8. The van der Waals surface area contributed by atoms with Crippen LogP contribution in [0.1, 0.15) is 24.2 Å². The number of nitrogens with one attached hydrogen (secondary N) is 2. The van der Waals surface area contributed by atoms with Crippen molar-refractivity contribution >= 4 is 11.9 Å². The Morgan fingerprint density at radius 1 is 1.13 bits per heavy atom. The Morgan fingerprint density at radius 3 is 2.30 bits per heavy atom. The molecule has 1 saturated heterocycles. The first-order valence-corrected chi connectivity index (χ1v) is 7.67. The number of benzene rings is 1. The second-order valence-corrected chi connectivity index (χ2v) is 5.66. The monoisotopic (exact) mass is 323 g/mol. The van der Waals surface area contributed by atoms with Crippen molar-refractivity contribution in [2.75, 3.05) is 26.2 Å². The number of ether oxygens (including phenoxy) is 1. The summed E-state index contributed by atoms with van der Waals surface area (Å²) in [6, 6.07) is 5.14. The molecule has 1 aliphatic rings. The van der Waals surface area contributed by atoms with Gasteiger partial charge in [0.1, 0.15) is 5.82 Å².